The molecular weight excluding hydrogens is 362 g/mol. The summed E-state index contributed by atoms with van der Waals surface area (Å²) in [5.41, 5.74) is 0.791. The molecule has 1 aliphatic rings. The van der Waals surface area contributed by atoms with Crippen molar-refractivity contribution in [3.8, 4) is 0 Å². The lowest BCUT2D eigenvalue weighted by Gasteiger charge is -2.32. The summed E-state index contributed by atoms with van der Waals surface area (Å²) in [5, 5.41) is 0. The van der Waals surface area contributed by atoms with Crippen LogP contribution in [0.4, 0.5) is 0 Å². The summed E-state index contributed by atoms with van der Waals surface area (Å²) in [6, 6.07) is 7.17. The second kappa shape index (κ2) is 9.20. The molecule has 0 radical (unpaired) electrons. The highest BCUT2D eigenvalue weighted by atomic mass is 32.2. The van der Waals surface area contributed by atoms with E-state index in [1.807, 2.05) is 39.8 Å². The minimum Gasteiger partial charge on any atom is -0.466 e. The maximum atomic E-state index is 13.1. The Morgan fingerprint density at radius 3 is 2.67 bits per heavy atom. The molecule has 27 heavy (non-hydrogen) atoms. The number of hydrogen-bond acceptors (Lipinski definition) is 5. The molecule has 0 aromatic heterocycles. The Bertz CT molecular complexity index is 742. The molecule has 0 aliphatic carbocycles. The van der Waals surface area contributed by atoms with Crippen LogP contribution in [0.15, 0.2) is 29.2 Å². The zero-order valence-corrected chi connectivity index (χ0v) is 17.8. The molecule has 1 aromatic rings. The average Bonchev–Trinajstić information content (AvgIpc) is 2.62. The fourth-order valence-corrected chi connectivity index (χ4v) is 5.49. The highest BCUT2D eigenvalue weighted by molar-refractivity contribution is 7.92. The van der Waals surface area contributed by atoms with Gasteiger partial charge in [-0.2, -0.15) is 0 Å². The van der Waals surface area contributed by atoms with E-state index in [0.717, 1.165) is 37.9 Å². The van der Waals surface area contributed by atoms with Crippen LogP contribution in [0.3, 0.4) is 0 Å². The molecule has 0 amide bonds. The van der Waals surface area contributed by atoms with Crippen molar-refractivity contribution in [1.82, 2.24) is 4.90 Å². The Kier molecular flexibility index (Phi) is 7.46. The van der Waals surface area contributed by atoms with Crippen molar-refractivity contribution in [3.63, 3.8) is 0 Å². The Morgan fingerprint density at radius 2 is 2.00 bits per heavy atom. The summed E-state index contributed by atoms with van der Waals surface area (Å²) >= 11 is 0. The molecule has 0 bridgehead atoms. The number of likely N-dealkylation sites (tertiary alicyclic amines) is 1. The summed E-state index contributed by atoms with van der Waals surface area (Å²) < 4.78 is 30.5. The molecule has 0 spiro atoms. The van der Waals surface area contributed by atoms with E-state index in [1.165, 1.54) is 0 Å². The van der Waals surface area contributed by atoms with Crippen molar-refractivity contribution < 1.29 is 17.9 Å². The third-order valence-electron chi connectivity index (χ3n) is 5.49. The van der Waals surface area contributed by atoms with Crippen LogP contribution in [0, 0.1) is 12.8 Å². The number of benzene rings is 1. The molecule has 2 rings (SSSR count). The molecule has 1 heterocycles. The number of aryl methyl sites for hydroxylation is 1. The Balaban J connectivity index is 1.93. The van der Waals surface area contributed by atoms with Crippen molar-refractivity contribution in [1.29, 1.82) is 0 Å². The van der Waals surface area contributed by atoms with Gasteiger partial charge in [-0.3, -0.25) is 4.79 Å². The second-order valence-electron chi connectivity index (χ2n) is 8.02. The Labute approximate surface area is 164 Å². The summed E-state index contributed by atoms with van der Waals surface area (Å²) in [4.78, 5) is 14.7. The van der Waals surface area contributed by atoms with Gasteiger partial charge in [0.2, 0.25) is 0 Å². The van der Waals surface area contributed by atoms with Gasteiger partial charge in [0.1, 0.15) is 0 Å². The summed E-state index contributed by atoms with van der Waals surface area (Å²) in [6.45, 7) is 10.2. The number of nitrogens with zero attached hydrogens (tertiary/aromatic N) is 1. The topological polar surface area (TPSA) is 63.7 Å². The average molecular weight is 396 g/mol. The molecule has 1 fully saturated rings. The van der Waals surface area contributed by atoms with Gasteiger partial charge in [-0.05, 0) is 78.1 Å². The van der Waals surface area contributed by atoms with Gasteiger partial charge in [0, 0.05) is 6.54 Å². The monoisotopic (exact) mass is 395 g/mol. The Hall–Kier alpha value is -1.40. The van der Waals surface area contributed by atoms with Gasteiger partial charge in [-0.1, -0.05) is 18.2 Å². The molecule has 6 heteroatoms. The van der Waals surface area contributed by atoms with E-state index < -0.39 is 14.6 Å². The summed E-state index contributed by atoms with van der Waals surface area (Å²) in [5.74, 6) is -0.160. The van der Waals surface area contributed by atoms with Crippen LogP contribution in [-0.2, 0) is 19.4 Å². The number of esters is 1. The first kappa shape index (κ1) is 21.9. The number of rotatable bonds is 8. The van der Waals surface area contributed by atoms with Crippen LogP contribution in [0.5, 0.6) is 0 Å². The third kappa shape index (κ3) is 5.32. The molecule has 0 saturated carbocycles. The predicted molar refractivity (Wildman–Crippen MR) is 107 cm³/mol. The highest BCUT2D eigenvalue weighted by Gasteiger charge is 2.36. The second-order valence-corrected chi connectivity index (χ2v) is 10.6. The van der Waals surface area contributed by atoms with Crippen LogP contribution < -0.4 is 0 Å². The fraction of sp³-hybridized carbons (Fsp3) is 0.667. The predicted octanol–water partition coefficient (Wildman–Crippen LogP) is 3.60. The normalized spacial score (nSPS) is 19.0. The van der Waals surface area contributed by atoms with Crippen LogP contribution in [0.25, 0.3) is 0 Å². The van der Waals surface area contributed by atoms with Crippen molar-refractivity contribution in [2.24, 2.45) is 5.92 Å². The van der Waals surface area contributed by atoms with Crippen LogP contribution in [0.2, 0.25) is 0 Å². The van der Waals surface area contributed by atoms with E-state index in [2.05, 4.69) is 4.90 Å². The molecule has 0 N–H and O–H groups in total. The molecule has 152 valence electrons. The number of sulfone groups is 1. The number of piperidine rings is 1. The zero-order valence-electron chi connectivity index (χ0n) is 17.0. The highest BCUT2D eigenvalue weighted by Crippen LogP contribution is 2.31. The first-order valence-corrected chi connectivity index (χ1v) is 11.4. The van der Waals surface area contributed by atoms with Gasteiger partial charge in [-0.15, -0.1) is 0 Å². The maximum absolute atomic E-state index is 13.1. The third-order valence-corrected chi connectivity index (χ3v) is 8.19. The fourth-order valence-electron chi connectivity index (χ4n) is 3.73. The van der Waals surface area contributed by atoms with Crippen molar-refractivity contribution in [3.05, 3.63) is 29.8 Å². The quantitative estimate of drug-likeness (QED) is 0.629. The van der Waals surface area contributed by atoms with E-state index in [-0.39, 0.29) is 11.9 Å². The number of carbonyl (C=O) groups is 1. The van der Waals surface area contributed by atoms with Gasteiger partial charge in [0.25, 0.3) is 0 Å². The van der Waals surface area contributed by atoms with E-state index in [4.69, 9.17) is 4.74 Å². The van der Waals surface area contributed by atoms with Gasteiger partial charge in [0.15, 0.2) is 9.84 Å². The van der Waals surface area contributed by atoms with Crippen LogP contribution in [-0.4, -0.2) is 50.3 Å². The van der Waals surface area contributed by atoms with E-state index in [0.29, 0.717) is 24.5 Å². The summed E-state index contributed by atoms with van der Waals surface area (Å²) in [6.07, 6.45) is 3.23. The lowest BCUT2D eigenvalue weighted by molar-refractivity contribution is -0.149. The molecule has 1 aromatic carbocycles. The van der Waals surface area contributed by atoms with E-state index in [9.17, 15) is 13.2 Å². The number of hydrogen-bond donors (Lipinski definition) is 0. The first-order chi connectivity index (χ1) is 12.7. The van der Waals surface area contributed by atoms with Gasteiger partial charge in [0.05, 0.1) is 22.2 Å². The standard InChI is InChI=1S/C21H33NO4S/c1-5-26-20(23)18-11-8-14-22(16-18)15-9-13-21(3,4)27(24,25)19-12-7-6-10-17(19)2/h6-7,10,12,18H,5,8-9,11,13-16H2,1-4H3. The molecular formula is C21H33NO4S. The first-order valence-electron chi connectivity index (χ1n) is 9.88. The lowest BCUT2D eigenvalue weighted by Crippen LogP contribution is -2.40. The van der Waals surface area contributed by atoms with Crippen molar-refractivity contribution in [2.75, 3.05) is 26.2 Å². The van der Waals surface area contributed by atoms with Gasteiger partial charge in [-0.25, -0.2) is 8.42 Å². The van der Waals surface area contributed by atoms with E-state index in [1.54, 1.807) is 12.1 Å². The molecule has 1 aliphatic heterocycles. The Morgan fingerprint density at radius 1 is 1.30 bits per heavy atom. The molecule has 5 nitrogen and oxygen atoms in total. The molecule has 1 unspecified atom stereocenters. The maximum Gasteiger partial charge on any atom is 0.310 e. The minimum atomic E-state index is -3.40. The van der Waals surface area contributed by atoms with Crippen LogP contribution >= 0.6 is 0 Å². The van der Waals surface area contributed by atoms with Crippen LogP contribution in [0.1, 0.15) is 52.0 Å². The smallest absolute Gasteiger partial charge is 0.310 e. The van der Waals surface area contributed by atoms with Gasteiger partial charge >= 0.3 is 5.97 Å². The molecule has 1 saturated heterocycles. The van der Waals surface area contributed by atoms with Crippen molar-refractivity contribution >= 4 is 15.8 Å². The lowest BCUT2D eigenvalue weighted by atomic mass is 9.97. The van der Waals surface area contributed by atoms with Gasteiger partial charge < -0.3 is 9.64 Å². The zero-order chi connectivity index (χ0) is 20.1. The number of ether oxygens (including phenoxy) is 1. The number of carbonyl (C=O) groups excluding carboxylic acids is 1. The SMILES string of the molecule is CCOC(=O)C1CCCN(CCCC(C)(C)S(=O)(=O)c2ccccc2C)C1. The molecule has 1 atom stereocenters. The summed E-state index contributed by atoms with van der Waals surface area (Å²) in [7, 11) is -3.40. The minimum absolute atomic E-state index is 0.0533. The largest absolute Gasteiger partial charge is 0.466 e. The van der Waals surface area contributed by atoms with E-state index >= 15 is 0 Å². The van der Waals surface area contributed by atoms with Crippen molar-refractivity contribution in [2.45, 2.75) is 63.0 Å².